The van der Waals surface area contributed by atoms with Crippen LogP contribution in [0.2, 0.25) is 10.0 Å². The summed E-state index contributed by atoms with van der Waals surface area (Å²) >= 11 is 13.3. The molecule has 1 unspecified atom stereocenters. The number of carbonyl (C=O) groups excluding carboxylic acids is 2. The Balaban J connectivity index is 1.55. The number of hydrogen-bond acceptors (Lipinski definition) is 5. The van der Waals surface area contributed by atoms with Crippen LogP contribution in [0.1, 0.15) is 46.5 Å². The van der Waals surface area contributed by atoms with Crippen molar-refractivity contribution in [1.29, 1.82) is 0 Å². The van der Waals surface area contributed by atoms with E-state index in [1.54, 1.807) is 72.8 Å². The summed E-state index contributed by atoms with van der Waals surface area (Å²) in [5.74, 6) is 0.898. The molecule has 2 heterocycles. The molecule has 0 aliphatic carbocycles. The van der Waals surface area contributed by atoms with Crippen molar-refractivity contribution in [3.05, 3.63) is 117 Å². The predicted molar refractivity (Wildman–Crippen MR) is 165 cm³/mol. The number of ether oxygens (including phenoxy) is 2. The highest BCUT2D eigenvalue weighted by molar-refractivity contribution is 6.33. The molecule has 0 fully saturated rings. The highest BCUT2D eigenvalue weighted by atomic mass is 35.5. The van der Waals surface area contributed by atoms with Crippen molar-refractivity contribution in [2.24, 2.45) is 0 Å². The van der Waals surface area contributed by atoms with E-state index in [0.29, 0.717) is 57.0 Å². The highest BCUT2D eigenvalue weighted by Gasteiger charge is 2.50. The monoisotopic (exact) mass is 603 g/mol. The van der Waals surface area contributed by atoms with Gasteiger partial charge in [0.2, 0.25) is 5.91 Å². The van der Waals surface area contributed by atoms with Crippen LogP contribution in [0.25, 0.3) is 0 Å². The molecule has 1 aromatic heterocycles. The van der Waals surface area contributed by atoms with Crippen LogP contribution in [-0.4, -0.2) is 42.5 Å². The molecule has 3 aromatic carbocycles. The van der Waals surface area contributed by atoms with E-state index in [2.05, 4.69) is 4.98 Å². The first-order valence-corrected chi connectivity index (χ1v) is 14.3. The Morgan fingerprint density at radius 1 is 1.00 bits per heavy atom. The molecule has 216 valence electrons. The van der Waals surface area contributed by atoms with Gasteiger partial charge >= 0.3 is 0 Å². The summed E-state index contributed by atoms with van der Waals surface area (Å²) in [5, 5.41) is 0.876. The molecule has 5 rings (SSSR count). The smallest absolute Gasteiger partial charge is 0.254 e. The zero-order valence-electron chi connectivity index (χ0n) is 23.9. The molecule has 1 aliphatic heterocycles. The standard InChI is InChI=1S/C33H31Cl2N3O4/c1-5-37(19-21-7-6-14-36-18-21)31(39)22-9-12-28(35)26(15-22)33(2)27-16-24(34)10-13-29(27)38(32(33)40)20-23-8-11-25(41-3)17-30(23)42-4/h6-18H,5,19-20H2,1-4H3. The van der Waals surface area contributed by atoms with Crippen LogP contribution in [0.4, 0.5) is 5.69 Å². The van der Waals surface area contributed by atoms with Crippen molar-refractivity contribution >= 4 is 40.7 Å². The molecule has 0 N–H and O–H groups in total. The molecule has 1 aliphatic rings. The Bertz CT molecular complexity index is 1650. The zero-order valence-corrected chi connectivity index (χ0v) is 25.4. The first-order valence-electron chi connectivity index (χ1n) is 13.5. The minimum atomic E-state index is -1.20. The van der Waals surface area contributed by atoms with Crippen LogP contribution in [0, 0.1) is 0 Å². The number of hydrogen-bond donors (Lipinski definition) is 0. The van der Waals surface area contributed by atoms with Gasteiger partial charge in [-0.05, 0) is 85.1 Å². The minimum Gasteiger partial charge on any atom is -0.497 e. The third kappa shape index (κ3) is 5.30. The van der Waals surface area contributed by atoms with Crippen molar-refractivity contribution in [3.63, 3.8) is 0 Å². The van der Waals surface area contributed by atoms with Crippen molar-refractivity contribution in [2.75, 3.05) is 25.7 Å². The van der Waals surface area contributed by atoms with Gasteiger partial charge in [-0.2, -0.15) is 0 Å². The van der Waals surface area contributed by atoms with Crippen LogP contribution in [0.5, 0.6) is 11.5 Å². The number of halogens is 2. The maximum absolute atomic E-state index is 14.4. The Hall–Kier alpha value is -4.07. The highest BCUT2D eigenvalue weighted by Crippen LogP contribution is 2.49. The third-order valence-electron chi connectivity index (χ3n) is 7.80. The topological polar surface area (TPSA) is 72.0 Å². The van der Waals surface area contributed by atoms with Gasteiger partial charge < -0.3 is 19.3 Å². The quantitative estimate of drug-likeness (QED) is 0.208. The Morgan fingerprint density at radius 3 is 2.50 bits per heavy atom. The SMILES string of the molecule is CCN(Cc1cccnc1)C(=O)c1ccc(Cl)c(C2(C)C(=O)N(Cc3ccc(OC)cc3OC)c3ccc(Cl)cc32)c1. The molecule has 7 nitrogen and oxygen atoms in total. The average Bonchev–Trinajstić information content (AvgIpc) is 3.22. The second-order valence-electron chi connectivity index (χ2n) is 10.2. The van der Waals surface area contributed by atoms with Crippen molar-refractivity contribution in [2.45, 2.75) is 32.4 Å². The van der Waals surface area contributed by atoms with Gasteiger partial charge in [0.1, 0.15) is 16.9 Å². The van der Waals surface area contributed by atoms with Crippen LogP contribution in [-0.2, 0) is 23.3 Å². The van der Waals surface area contributed by atoms with Crippen molar-refractivity contribution in [1.82, 2.24) is 9.88 Å². The van der Waals surface area contributed by atoms with Crippen LogP contribution >= 0.6 is 23.2 Å². The second kappa shape index (κ2) is 12.0. The van der Waals surface area contributed by atoms with Gasteiger partial charge in [0.15, 0.2) is 0 Å². The minimum absolute atomic E-state index is 0.167. The molecular formula is C33H31Cl2N3O4. The number of anilines is 1. The molecule has 0 radical (unpaired) electrons. The fourth-order valence-electron chi connectivity index (χ4n) is 5.47. The maximum atomic E-state index is 14.4. The van der Waals surface area contributed by atoms with Gasteiger partial charge in [0.05, 0.1) is 20.8 Å². The number of amides is 2. The second-order valence-corrected chi connectivity index (χ2v) is 11.1. The van der Waals surface area contributed by atoms with E-state index in [-0.39, 0.29) is 18.4 Å². The molecule has 42 heavy (non-hydrogen) atoms. The van der Waals surface area contributed by atoms with Gasteiger partial charge in [0.25, 0.3) is 5.91 Å². The Labute approximate surface area is 255 Å². The molecule has 9 heteroatoms. The molecule has 0 spiro atoms. The summed E-state index contributed by atoms with van der Waals surface area (Å²) in [6.45, 7) is 4.92. The van der Waals surface area contributed by atoms with Crippen LogP contribution in [0.15, 0.2) is 79.1 Å². The lowest BCUT2D eigenvalue weighted by atomic mass is 9.76. The summed E-state index contributed by atoms with van der Waals surface area (Å²) < 4.78 is 10.9. The third-order valence-corrected chi connectivity index (χ3v) is 8.37. The number of pyridine rings is 1. The summed E-state index contributed by atoms with van der Waals surface area (Å²) in [6, 6.07) is 19.8. The molecule has 0 saturated heterocycles. The van der Waals surface area contributed by atoms with E-state index < -0.39 is 5.41 Å². The summed E-state index contributed by atoms with van der Waals surface area (Å²) in [7, 11) is 3.17. The number of methoxy groups -OCH3 is 2. The molecule has 4 aromatic rings. The largest absolute Gasteiger partial charge is 0.497 e. The van der Waals surface area contributed by atoms with E-state index in [9.17, 15) is 9.59 Å². The average molecular weight is 605 g/mol. The fourth-order valence-corrected chi connectivity index (χ4v) is 5.95. The number of aromatic nitrogens is 1. The Morgan fingerprint density at radius 2 is 1.81 bits per heavy atom. The number of benzene rings is 3. The summed E-state index contributed by atoms with van der Waals surface area (Å²) in [6.07, 6.45) is 3.44. The number of rotatable bonds is 9. The van der Waals surface area contributed by atoms with E-state index in [4.69, 9.17) is 32.7 Å². The van der Waals surface area contributed by atoms with Crippen molar-refractivity contribution < 1.29 is 19.1 Å². The molecule has 2 amide bonds. The first kappa shape index (κ1) is 29.4. The summed E-state index contributed by atoms with van der Waals surface area (Å²) in [4.78, 5) is 35.7. The van der Waals surface area contributed by atoms with Crippen LogP contribution < -0.4 is 14.4 Å². The van der Waals surface area contributed by atoms with E-state index in [0.717, 1.165) is 11.1 Å². The predicted octanol–water partition coefficient (Wildman–Crippen LogP) is 6.92. The number of nitrogens with zero attached hydrogens (tertiary/aromatic N) is 3. The van der Waals surface area contributed by atoms with Gasteiger partial charge in [-0.3, -0.25) is 14.6 Å². The van der Waals surface area contributed by atoms with Crippen molar-refractivity contribution in [3.8, 4) is 11.5 Å². The van der Waals surface area contributed by atoms with Gasteiger partial charge in [-0.1, -0.05) is 29.3 Å². The molecule has 0 saturated carbocycles. The van der Waals surface area contributed by atoms with Gasteiger partial charge in [-0.25, -0.2) is 0 Å². The summed E-state index contributed by atoms with van der Waals surface area (Å²) in [5.41, 5.74) is 2.92. The number of fused-ring (bicyclic) bond motifs is 1. The van der Waals surface area contributed by atoms with Gasteiger partial charge in [-0.15, -0.1) is 0 Å². The zero-order chi connectivity index (χ0) is 30.0. The van der Waals surface area contributed by atoms with E-state index in [1.165, 1.54) is 0 Å². The Kier molecular flexibility index (Phi) is 8.43. The van der Waals surface area contributed by atoms with E-state index in [1.807, 2.05) is 44.2 Å². The van der Waals surface area contributed by atoms with Gasteiger partial charge in [0, 0.05) is 58.4 Å². The first-order chi connectivity index (χ1) is 20.2. The lowest BCUT2D eigenvalue weighted by Crippen LogP contribution is -2.39. The molecular weight excluding hydrogens is 573 g/mol. The fraction of sp³-hybridized carbons (Fsp3) is 0.242. The lowest BCUT2D eigenvalue weighted by Gasteiger charge is -2.28. The molecule has 1 atom stereocenters. The molecule has 0 bridgehead atoms. The lowest BCUT2D eigenvalue weighted by molar-refractivity contribution is -0.121. The maximum Gasteiger partial charge on any atom is 0.254 e. The normalized spacial score (nSPS) is 15.9. The van der Waals surface area contributed by atoms with Crippen LogP contribution in [0.3, 0.4) is 0 Å². The van der Waals surface area contributed by atoms with E-state index >= 15 is 0 Å². The number of carbonyl (C=O) groups is 2.